The highest BCUT2D eigenvalue weighted by Crippen LogP contribution is 2.06. The number of terminal acetylenes is 1. The SMILES string of the molecule is C#CC(CC)NC(=O)c1ccccc1F. The van der Waals surface area contributed by atoms with Gasteiger partial charge in [0.15, 0.2) is 0 Å². The standard InChI is InChI=1S/C12H12FNO/c1-3-9(4-2)14-12(15)10-7-5-6-8-11(10)13/h1,5-9H,4H2,2H3,(H,14,15). The third-order valence-corrected chi connectivity index (χ3v) is 2.03. The number of rotatable bonds is 3. The van der Waals surface area contributed by atoms with Gasteiger partial charge in [0.2, 0.25) is 0 Å². The second kappa shape index (κ2) is 5.16. The number of carbonyl (C=O) groups excluding carboxylic acids is 1. The van der Waals surface area contributed by atoms with Gasteiger partial charge >= 0.3 is 0 Å². The predicted octanol–water partition coefficient (Wildman–Crippen LogP) is 1.97. The van der Waals surface area contributed by atoms with Crippen LogP contribution in [0.4, 0.5) is 4.39 Å². The van der Waals surface area contributed by atoms with Crippen molar-refractivity contribution in [3.63, 3.8) is 0 Å². The summed E-state index contributed by atoms with van der Waals surface area (Å²) in [5.41, 5.74) is 0.0196. The molecule has 0 aliphatic rings. The van der Waals surface area contributed by atoms with Crippen molar-refractivity contribution >= 4 is 5.91 Å². The quantitative estimate of drug-likeness (QED) is 0.751. The fourth-order valence-electron chi connectivity index (χ4n) is 1.14. The zero-order chi connectivity index (χ0) is 11.3. The largest absolute Gasteiger partial charge is 0.338 e. The average Bonchev–Trinajstić information content (AvgIpc) is 2.26. The second-order valence-corrected chi connectivity index (χ2v) is 3.08. The number of nitrogens with one attached hydrogen (secondary N) is 1. The first-order valence-electron chi connectivity index (χ1n) is 4.70. The van der Waals surface area contributed by atoms with Crippen molar-refractivity contribution in [1.82, 2.24) is 5.32 Å². The fourth-order valence-corrected chi connectivity index (χ4v) is 1.14. The van der Waals surface area contributed by atoms with E-state index in [2.05, 4.69) is 11.2 Å². The van der Waals surface area contributed by atoms with Gasteiger partial charge in [0.1, 0.15) is 5.82 Å². The van der Waals surface area contributed by atoms with Crippen molar-refractivity contribution < 1.29 is 9.18 Å². The minimum atomic E-state index is -0.540. The highest BCUT2D eigenvalue weighted by molar-refractivity contribution is 5.94. The third kappa shape index (κ3) is 2.81. The summed E-state index contributed by atoms with van der Waals surface area (Å²) in [6.07, 6.45) is 5.81. The summed E-state index contributed by atoms with van der Waals surface area (Å²) in [5, 5.41) is 2.56. The molecule has 78 valence electrons. The van der Waals surface area contributed by atoms with Crippen LogP contribution in [0.5, 0.6) is 0 Å². The molecule has 0 aliphatic carbocycles. The molecule has 0 radical (unpaired) electrons. The number of amides is 1. The van der Waals surface area contributed by atoms with Crippen LogP contribution in [0.2, 0.25) is 0 Å². The van der Waals surface area contributed by atoms with Crippen molar-refractivity contribution in [2.75, 3.05) is 0 Å². The Bertz CT molecular complexity index is 395. The Hall–Kier alpha value is -1.82. The number of carbonyl (C=O) groups is 1. The van der Waals surface area contributed by atoms with E-state index in [-0.39, 0.29) is 11.6 Å². The van der Waals surface area contributed by atoms with Gasteiger partial charge in [0.05, 0.1) is 11.6 Å². The summed E-state index contributed by atoms with van der Waals surface area (Å²) in [4.78, 5) is 11.5. The van der Waals surface area contributed by atoms with Crippen molar-refractivity contribution in [1.29, 1.82) is 0 Å². The smallest absolute Gasteiger partial charge is 0.255 e. The van der Waals surface area contributed by atoms with Crippen LogP contribution in [-0.4, -0.2) is 11.9 Å². The van der Waals surface area contributed by atoms with Gasteiger partial charge in [-0.1, -0.05) is 25.0 Å². The number of benzene rings is 1. The monoisotopic (exact) mass is 205 g/mol. The molecule has 1 N–H and O–H groups in total. The van der Waals surface area contributed by atoms with E-state index in [0.29, 0.717) is 6.42 Å². The van der Waals surface area contributed by atoms with Crippen LogP contribution >= 0.6 is 0 Å². The van der Waals surface area contributed by atoms with Crippen LogP contribution in [0.25, 0.3) is 0 Å². The molecule has 0 saturated carbocycles. The molecule has 15 heavy (non-hydrogen) atoms. The summed E-state index contributed by atoms with van der Waals surface area (Å²) >= 11 is 0. The molecule has 1 atom stereocenters. The first kappa shape index (κ1) is 11.3. The molecule has 1 aromatic rings. The van der Waals surface area contributed by atoms with Crippen LogP contribution in [-0.2, 0) is 0 Å². The number of hydrogen-bond acceptors (Lipinski definition) is 1. The number of hydrogen-bond donors (Lipinski definition) is 1. The lowest BCUT2D eigenvalue weighted by Gasteiger charge is -2.10. The van der Waals surface area contributed by atoms with E-state index in [9.17, 15) is 9.18 Å². The van der Waals surface area contributed by atoms with Crippen molar-refractivity contribution in [2.24, 2.45) is 0 Å². The third-order valence-electron chi connectivity index (χ3n) is 2.03. The molecule has 0 saturated heterocycles. The van der Waals surface area contributed by atoms with Gasteiger partial charge in [0.25, 0.3) is 5.91 Å². The van der Waals surface area contributed by atoms with Gasteiger partial charge in [-0.3, -0.25) is 4.79 Å². The van der Waals surface area contributed by atoms with Gasteiger partial charge in [0, 0.05) is 0 Å². The van der Waals surface area contributed by atoms with Crippen molar-refractivity contribution in [3.05, 3.63) is 35.6 Å². The van der Waals surface area contributed by atoms with E-state index in [4.69, 9.17) is 6.42 Å². The van der Waals surface area contributed by atoms with E-state index in [1.165, 1.54) is 18.2 Å². The normalized spacial score (nSPS) is 11.5. The van der Waals surface area contributed by atoms with Crippen LogP contribution < -0.4 is 5.32 Å². The first-order chi connectivity index (χ1) is 7.19. The molecule has 0 fully saturated rings. The van der Waals surface area contributed by atoms with Crippen LogP contribution in [0.3, 0.4) is 0 Å². The molecule has 0 bridgehead atoms. The molecule has 1 rings (SSSR count). The molecule has 2 nitrogen and oxygen atoms in total. The van der Waals surface area contributed by atoms with Crippen LogP contribution in [0.1, 0.15) is 23.7 Å². The summed E-state index contributed by atoms with van der Waals surface area (Å²) in [7, 11) is 0. The highest BCUT2D eigenvalue weighted by Gasteiger charge is 2.13. The summed E-state index contributed by atoms with van der Waals surface area (Å²) < 4.78 is 13.2. The minimum absolute atomic E-state index is 0.0196. The van der Waals surface area contributed by atoms with Gasteiger partial charge in [-0.05, 0) is 18.6 Å². The van der Waals surface area contributed by atoms with E-state index in [0.717, 1.165) is 0 Å². The van der Waals surface area contributed by atoms with Gasteiger partial charge in [-0.2, -0.15) is 0 Å². The Kier molecular flexibility index (Phi) is 3.87. The molecule has 0 aromatic heterocycles. The zero-order valence-corrected chi connectivity index (χ0v) is 8.46. The van der Waals surface area contributed by atoms with E-state index >= 15 is 0 Å². The molecular formula is C12H12FNO. The maximum absolute atomic E-state index is 13.2. The van der Waals surface area contributed by atoms with Crippen LogP contribution in [0.15, 0.2) is 24.3 Å². The lowest BCUT2D eigenvalue weighted by Crippen LogP contribution is -2.33. The molecular weight excluding hydrogens is 193 g/mol. The topological polar surface area (TPSA) is 29.1 Å². The average molecular weight is 205 g/mol. The Morgan fingerprint density at radius 3 is 2.80 bits per heavy atom. The summed E-state index contributed by atoms with van der Waals surface area (Å²) in [6.45, 7) is 1.85. The first-order valence-corrected chi connectivity index (χ1v) is 4.70. The van der Waals surface area contributed by atoms with Crippen LogP contribution in [0, 0.1) is 18.2 Å². The molecule has 0 heterocycles. The Morgan fingerprint density at radius 1 is 1.60 bits per heavy atom. The molecule has 3 heteroatoms. The Balaban J connectivity index is 2.79. The fraction of sp³-hybridized carbons (Fsp3) is 0.250. The van der Waals surface area contributed by atoms with Gasteiger partial charge in [-0.25, -0.2) is 4.39 Å². The van der Waals surface area contributed by atoms with Gasteiger partial charge in [-0.15, -0.1) is 6.42 Å². The summed E-state index contributed by atoms with van der Waals surface area (Å²) in [5.74, 6) is 1.40. The lowest BCUT2D eigenvalue weighted by molar-refractivity contribution is 0.0941. The highest BCUT2D eigenvalue weighted by atomic mass is 19.1. The maximum atomic E-state index is 13.2. The zero-order valence-electron chi connectivity index (χ0n) is 8.46. The van der Waals surface area contributed by atoms with Crippen molar-refractivity contribution in [2.45, 2.75) is 19.4 Å². The second-order valence-electron chi connectivity index (χ2n) is 3.08. The number of halogens is 1. The predicted molar refractivity (Wildman–Crippen MR) is 56.8 cm³/mol. The molecule has 0 spiro atoms. The Morgan fingerprint density at radius 2 is 2.27 bits per heavy atom. The maximum Gasteiger partial charge on any atom is 0.255 e. The molecule has 0 aliphatic heterocycles. The molecule has 1 aromatic carbocycles. The van der Waals surface area contributed by atoms with E-state index in [1.807, 2.05) is 6.92 Å². The summed E-state index contributed by atoms with van der Waals surface area (Å²) in [6, 6.07) is 5.45. The van der Waals surface area contributed by atoms with E-state index < -0.39 is 11.7 Å². The minimum Gasteiger partial charge on any atom is -0.338 e. The van der Waals surface area contributed by atoms with E-state index in [1.54, 1.807) is 6.07 Å². The van der Waals surface area contributed by atoms with Crippen molar-refractivity contribution in [3.8, 4) is 12.3 Å². The van der Waals surface area contributed by atoms with Gasteiger partial charge < -0.3 is 5.32 Å². The molecule has 1 amide bonds. The molecule has 1 unspecified atom stereocenters. The Labute approximate surface area is 88.5 Å². The lowest BCUT2D eigenvalue weighted by atomic mass is 10.1.